The number of nitrogens with one attached hydrogen (secondary N) is 3. The third-order valence-electron chi connectivity index (χ3n) is 3.31. The Labute approximate surface area is 136 Å². The van der Waals surface area contributed by atoms with Gasteiger partial charge in [-0.05, 0) is 18.2 Å². The van der Waals surface area contributed by atoms with Crippen molar-refractivity contribution < 1.29 is 18.4 Å². The van der Waals surface area contributed by atoms with Crippen LogP contribution in [-0.4, -0.2) is 36.1 Å². The topological polar surface area (TPSA) is 70.2 Å². The van der Waals surface area contributed by atoms with Gasteiger partial charge in [0.2, 0.25) is 11.8 Å². The molecule has 0 radical (unpaired) electrons. The van der Waals surface area contributed by atoms with Gasteiger partial charge in [0.05, 0.1) is 24.0 Å². The van der Waals surface area contributed by atoms with Crippen molar-refractivity contribution in [3.63, 3.8) is 0 Å². The van der Waals surface area contributed by atoms with Crippen LogP contribution in [0.3, 0.4) is 0 Å². The third kappa shape index (κ3) is 3.68. The Kier molecular flexibility index (Phi) is 4.93. The fraction of sp³-hybridized carbons (Fsp3) is 0.385. The van der Waals surface area contributed by atoms with Crippen molar-refractivity contribution in [3.05, 3.63) is 18.2 Å². The predicted octanol–water partition coefficient (Wildman–Crippen LogP) is 2.09. The molecule has 0 spiro atoms. The molecule has 0 saturated carbocycles. The molecule has 1 saturated heterocycles. The molecule has 9 heteroatoms. The number of hydrogen-bond donors (Lipinski definition) is 3. The number of benzene rings is 1. The molecule has 3 rings (SSSR count). The van der Waals surface area contributed by atoms with Crippen LogP contribution in [-0.2, 0) is 9.59 Å². The molecule has 2 aliphatic heterocycles. The quantitative estimate of drug-likeness (QED) is 0.764. The smallest absolute Gasteiger partial charge is 0.262 e. The average molecular weight is 350 g/mol. The number of fused-ring (bicyclic) bond motifs is 1. The maximum absolute atomic E-state index is 13.1. The summed E-state index contributed by atoms with van der Waals surface area (Å²) in [5, 5.41) is 7.80. The lowest BCUT2D eigenvalue weighted by atomic mass is 10.1. The van der Waals surface area contributed by atoms with Gasteiger partial charge >= 0.3 is 0 Å². The average Bonchev–Trinajstić information content (AvgIpc) is 2.79. The second kappa shape index (κ2) is 6.39. The molecule has 22 heavy (non-hydrogen) atoms. The van der Waals surface area contributed by atoms with Crippen LogP contribution in [0.25, 0.3) is 0 Å². The Balaban J connectivity index is 0.00000176. The number of alkyl halides is 2. The van der Waals surface area contributed by atoms with Gasteiger partial charge < -0.3 is 10.6 Å². The van der Waals surface area contributed by atoms with E-state index in [4.69, 9.17) is 0 Å². The van der Waals surface area contributed by atoms with Crippen molar-refractivity contribution >= 4 is 47.4 Å². The number of thioether (sulfide) groups is 1. The molecular formula is C13H14ClF2N3O2S. The molecule has 1 unspecified atom stereocenters. The molecule has 0 aromatic heterocycles. The SMILES string of the molecule is Cl.O=C1CSc2ccc(NC(=O)C3CC(F)(F)CN3)cc2N1. The highest BCUT2D eigenvalue weighted by Crippen LogP contribution is 2.33. The number of halogens is 3. The molecule has 0 bridgehead atoms. The summed E-state index contributed by atoms with van der Waals surface area (Å²) in [6, 6.07) is 4.20. The second-order valence-corrected chi connectivity index (χ2v) is 6.05. The highest BCUT2D eigenvalue weighted by atomic mass is 35.5. The number of carbonyl (C=O) groups is 2. The third-order valence-corrected chi connectivity index (χ3v) is 4.38. The van der Waals surface area contributed by atoms with Crippen LogP contribution in [0.5, 0.6) is 0 Å². The fourth-order valence-corrected chi connectivity index (χ4v) is 3.08. The van der Waals surface area contributed by atoms with Gasteiger partial charge in [-0.15, -0.1) is 24.2 Å². The molecule has 1 fully saturated rings. The minimum atomic E-state index is -2.84. The highest BCUT2D eigenvalue weighted by molar-refractivity contribution is 8.00. The van der Waals surface area contributed by atoms with Crippen molar-refractivity contribution in [3.8, 4) is 0 Å². The van der Waals surface area contributed by atoms with E-state index in [0.717, 1.165) is 4.90 Å². The van der Waals surface area contributed by atoms with Gasteiger partial charge in [0, 0.05) is 17.0 Å². The summed E-state index contributed by atoms with van der Waals surface area (Å²) in [5.41, 5.74) is 1.09. The van der Waals surface area contributed by atoms with Crippen molar-refractivity contribution in [1.82, 2.24) is 5.32 Å². The van der Waals surface area contributed by atoms with E-state index in [0.29, 0.717) is 17.1 Å². The summed E-state index contributed by atoms with van der Waals surface area (Å²) in [7, 11) is 0. The number of anilines is 2. The summed E-state index contributed by atoms with van der Waals surface area (Å²) in [6.45, 7) is -0.484. The van der Waals surface area contributed by atoms with Crippen LogP contribution in [0.1, 0.15) is 6.42 Å². The molecule has 5 nitrogen and oxygen atoms in total. The first-order valence-corrected chi connectivity index (χ1v) is 7.40. The van der Waals surface area contributed by atoms with Crippen LogP contribution in [0.4, 0.5) is 20.2 Å². The highest BCUT2D eigenvalue weighted by Gasteiger charge is 2.42. The van der Waals surface area contributed by atoms with E-state index in [1.807, 2.05) is 0 Å². The van der Waals surface area contributed by atoms with E-state index in [1.165, 1.54) is 11.8 Å². The fourth-order valence-electron chi connectivity index (χ4n) is 2.29. The standard InChI is InChI=1S/C13H13F2N3O2S.ClH/c14-13(15)4-9(16-6-13)12(20)17-7-1-2-10-8(3-7)18-11(19)5-21-10;/h1-3,9,16H,4-6H2,(H,17,20)(H,18,19);1H. The van der Waals surface area contributed by atoms with Gasteiger partial charge in [-0.3, -0.25) is 14.9 Å². The van der Waals surface area contributed by atoms with Crippen LogP contribution < -0.4 is 16.0 Å². The molecule has 2 heterocycles. The number of hydrogen-bond acceptors (Lipinski definition) is 4. The summed E-state index contributed by atoms with van der Waals surface area (Å²) in [5.74, 6) is -3.09. The monoisotopic (exact) mass is 349 g/mol. The normalized spacial score (nSPS) is 22.3. The molecule has 120 valence electrons. The van der Waals surface area contributed by atoms with E-state index in [1.54, 1.807) is 18.2 Å². The summed E-state index contributed by atoms with van der Waals surface area (Å²) in [6.07, 6.45) is -0.504. The lowest BCUT2D eigenvalue weighted by molar-refractivity contribution is -0.118. The lowest BCUT2D eigenvalue weighted by Gasteiger charge is -2.18. The van der Waals surface area contributed by atoms with Crippen molar-refractivity contribution in [2.45, 2.75) is 23.3 Å². The lowest BCUT2D eigenvalue weighted by Crippen LogP contribution is -2.35. The Bertz CT molecular complexity index is 615. The van der Waals surface area contributed by atoms with Crippen LogP contribution in [0, 0.1) is 0 Å². The Morgan fingerprint density at radius 3 is 2.86 bits per heavy atom. The Hall–Kier alpha value is -1.38. The minimum Gasteiger partial charge on any atom is -0.325 e. The van der Waals surface area contributed by atoms with Gasteiger partial charge in [0.25, 0.3) is 5.92 Å². The number of carbonyl (C=O) groups excluding carboxylic acids is 2. The van der Waals surface area contributed by atoms with Gasteiger partial charge in [0.1, 0.15) is 0 Å². The van der Waals surface area contributed by atoms with E-state index in [9.17, 15) is 18.4 Å². The van der Waals surface area contributed by atoms with Crippen molar-refractivity contribution in [2.24, 2.45) is 0 Å². The van der Waals surface area contributed by atoms with Crippen molar-refractivity contribution in [2.75, 3.05) is 22.9 Å². The van der Waals surface area contributed by atoms with Crippen molar-refractivity contribution in [1.29, 1.82) is 0 Å². The first-order valence-electron chi connectivity index (χ1n) is 6.42. The molecule has 1 aromatic carbocycles. The molecule has 1 atom stereocenters. The molecule has 2 amide bonds. The maximum Gasteiger partial charge on any atom is 0.262 e. The van der Waals surface area contributed by atoms with E-state index in [-0.39, 0.29) is 18.3 Å². The van der Waals surface area contributed by atoms with Crippen LogP contribution >= 0.6 is 24.2 Å². The van der Waals surface area contributed by atoms with E-state index in [2.05, 4.69) is 16.0 Å². The summed E-state index contributed by atoms with van der Waals surface area (Å²) >= 11 is 1.41. The number of amides is 2. The van der Waals surface area contributed by atoms with Gasteiger partial charge in [-0.25, -0.2) is 8.78 Å². The largest absolute Gasteiger partial charge is 0.325 e. The Morgan fingerprint density at radius 2 is 2.18 bits per heavy atom. The molecular weight excluding hydrogens is 336 g/mol. The zero-order valence-electron chi connectivity index (χ0n) is 11.3. The zero-order chi connectivity index (χ0) is 15.0. The number of rotatable bonds is 2. The van der Waals surface area contributed by atoms with Gasteiger partial charge in [-0.1, -0.05) is 0 Å². The van der Waals surface area contributed by atoms with Gasteiger partial charge in [-0.2, -0.15) is 0 Å². The molecule has 0 aliphatic carbocycles. The zero-order valence-corrected chi connectivity index (χ0v) is 13.0. The minimum absolute atomic E-state index is 0. The molecule has 1 aromatic rings. The predicted molar refractivity (Wildman–Crippen MR) is 83.0 cm³/mol. The molecule has 2 aliphatic rings. The molecule has 3 N–H and O–H groups in total. The maximum atomic E-state index is 13.1. The van der Waals surface area contributed by atoms with Crippen LogP contribution in [0.15, 0.2) is 23.1 Å². The second-order valence-electron chi connectivity index (χ2n) is 5.03. The summed E-state index contributed by atoms with van der Waals surface area (Å²) < 4.78 is 26.1. The van der Waals surface area contributed by atoms with Gasteiger partial charge in [0.15, 0.2) is 0 Å². The summed E-state index contributed by atoms with van der Waals surface area (Å²) in [4.78, 5) is 24.2. The first kappa shape index (κ1) is 17.0. The van der Waals surface area contributed by atoms with E-state index < -0.39 is 30.8 Å². The Morgan fingerprint density at radius 1 is 1.41 bits per heavy atom. The van der Waals surface area contributed by atoms with E-state index >= 15 is 0 Å². The van der Waals surface area contributed by atoms with Crippen LogP contribution in [0.2, 0.25) is 0 Å². The first-order chi connectivity index (χ1) is 9.93.